The lowest BCUT2D eigenvalue weighted by molar-refractivity contribution is -0.123. The van der Waals surface area contributed by atoms with Gasteiger partial charge < -0.3 is 5.32 Å². The van der Waals surface area contributed by atoms with Crippen molar-refractivity contribution in [3.05, 3.63) is 35.4 Å². The molecule has 0 unspecified atom stereocenters. The Morgan fingerprint density at radius 1 is 1.12 bits per heavy atom. The van der Waals surface area contributed by atoms with E-state index in [9.17, 15) is 14.4 Å². The molecule has 0 saturated heterocycles. The molecule has 3 amide bonds. The van der Waals surface area contributed by atoms with E-state index < -0.39 is 11.8 Å². The standard InChI is InChI=1S/C19H26N2O3/c1-13(2)8-7-11-19(3,4)20-16(22)12-21-17(23)14-9-5-6-10-15(14)18(21)24/h5-6,9-10,13H,7-8,11-12H2,1-4H3,(H,20,22). The number of nitrogens with one attached hydrogen (secondary N) is 1. The molecule has 0 fully saturated rings. The van der Waals surface area contributed by atoms with Crippen molar-refractivity contribution in [2.75, 3.05) is 6.54 Å². The quantitative estimate of drug-likeness (QED) is 0.782. The van der Waals surface area contributed by atoms with E-state index in [1.807, 2.05) is 13.8 Å². The Morgan fingerprint density at radius 2 is 1.67 bits per heavy atom. The zero-order chi connectivity index (χ0) is 17.9. The van der Waals surface area contributed by atoms with E-state index in [0.29, 0.717) is 17.0 Å². The molecule has 5 heteroatoms. The molecule has 1 N–H and O–H groups in total. The van der Waals surface area contributed by atoms with Crippen molar-refractivity contribution in [1.29, 1.82) is 0 Å². The molecule has 2 rings (SSSR count). The highest BCUT2D eigenvalue weighted by Gasteiger charge is 2.36. The summed E-state index contributed by atoms with van der Waals surface area (Å²) >= 11 is 0. The van der Waals surface area contributed by atoms with Gasteiger partial charge in [-0.2, -0.15) is 0 Å². The topological polar surface area (TPSA) is 66.5 Å². The van der Waals surface area contributed by atoms with Gasteiger partial charge in [-0.3, -0.25) is 19.3 Å². The van der Waals surface area contributed by atoms with Gasteiger partial charge in [0.2, 0.25) is 5.91 Å². The molecule has 0 radical (unpaired) electrons. The smallest absolute Gasteiger partial charge is 0.262 e. The van der Waals surface area contributed by atoms with Crippen LogP contribution in [0.2, 0.25) is 0 Å². The molecular formula is C19H26N2O3. The van der Waals surface area contributed by atoms with Crippen LogP contribution < -0.4 is 5.32 Å². The number of carbonyl (C=O) groups excluding carboxylic acids is 3. The van der Waals surface area contributed by atoms with Crippen molar-refractivity contribution in [2.45, 2.75) is 52.5 Å². The summed E-state index contributed by atoms with van der Waals surface area (Å²) in [5.74, 6) is -0.472. The maximum atomic E-state index is 12.3. The average Bonchev–Trinajstić information content (AvgIpc) is 2.71. The third kappa shape index (κ3) is 4.22. The summed E-state index contributed by atoms with van der Waals surface area (Å²) in [5.41, 5.74) is 0.378. The molecule has 1 aliphatic rings. The van der Waals surface area contributed by atoms with Gasteiger partial charge in [0.1, 0.15) is 6.54 Å². The lowest BCUT2D eigenvalue weighted by Gasteiger charge is -2.27. The minimum absolute atomic E-state index is 0.236. The molecule has 1 aromatic carbocycles. The van der Waals surface area contributed by atoms with Gasteiger partial charge in [0, 0.05) is 5.54 Å². The van der Waals surface area contributed by atoms with E-state index in [1.54, 1.807) is 24.3 Å². The van der Waals surface area contributed by atoms with Gasteiger partial charge in [0.15, 0.2) is 0 Å². The monoisotopic (exact) mass is 330 g/mol. The maximum Gasteiger partial charge on any atom is 0.262 e. The Balaban J connectivity index is 1.93. The maximum absolute atomic E-state index is 12.3. The van der Waals surface area contributed by atoms with E-state index >= 15 is 0 Å². The highest BCUT2D eigenvalue weighted by molar-refractivity contribution is 6.22. The number of benzene rings is 1. The Morgan fingerprint density at radius 3 is 2.17 bits per heavy atom. The first-order chi connectivity index (χ1) is 11.2. The van der Waals surface area contributed by atoms with Crippen LogP contribution in [0, 0.1) is 5.92 Å². The van der Waals surface area contributed by atoms with Crippen LogP contribution in [-0.4, -0.2) is 34.7 Å². The van der Waals surface area contributed by atoms with Crippen molar-refractivity contribution < 1.29 is 14.4 Å². The Kier molecular flexibility index (Phi) is 5.42. The molecule has 1 heterocycles. The normalized spacial score (nSPS) is 14.3. The highest BCUT2D eigenvalue weighted by atomic mass is 16.2. The molecular weight excluding hydrogens is 304 g/mol. The second-order valence-electron chi connectivity index (χ2n) is 7.46. The number of fused-ring (bicyclic) bond motifs is 1. The first-order valence-electron chi connectivity index (χ1n) is 8.47. The summed E-state index contributed by atoms with van der Waals surface area (Å²) in [5, 5.41) is 2.94. The van der Waals surface area contributed by atoms with Crippen molar-refractivity contribution in [3.63, 3.8) is 0 Å². The van der Waals surface area contributed by atoms with E-state index in [2.05, 4.69) is 19.2 Å². The Labute approximate surface area is 143 Å². The van der Waals surface area contributed by atoms with E-state index in [4.69, 9.17) is 0 Å². The molecule has 130 valence electrons. The van der Waals surface area contributed by atoms with Crippen molar-refractivity contribution in [3.8, 4) is 0 Å². The predicted octanol–water partition coefficient (Wildman–Crippen LogP) is 3.00. The van der Waals surface area contributed by atoms with Crippen molar-refractivity contribution >= 4 is 17.7 Å². The third-order valence-corrected chi connectivity index (χ3v) is 4.24. The van der Waals surface area contributed by atoms with Crippen LogP contribution >= 0.6 is 0 Å². The second-order valence-corrected chi connectivity index (χ2v) is 7.46. The molecule has 1 aliphatic heterocycles. The molecule has 0 atom stereocenters. The SMILES string of the molecule is CC(C)CCCC(C)(C)NC(=O)CN1C(=O)c2ccccc2C1=O. The van der Waals surface area contributed by atoms with Gasteiger partial charge in [-0.25, -0.2) is 0 Å². The molecule has 0 spiro atoms. The van der Waals surface area contributed by atoms with Crippen molar-refractivity contribution in [1.82, 2.24) is 10.2 Å². The Hall–Kier alpha value is -2.17. The molecule has 0 saturated carbocycles. The number of hydrogen-bond acceptors (Lipinski definition) is 3. The molecule has 0 bridgehead atoms. The number of hydrogen-bond donors (Lipinski definition) is 1. The number of rotatable bonds is 7. The number of nitrogens with zero attached hydrogens (tertiary/aromatic N) is 1. The lowest BCUT2D eigenvalue weighted by atomic mass is 9.94. The zero-order valence-electron chi connectivity index (χ0n) is 14.9. The molecule has 0 aromatic heterocycles. The fraction of sp³-hybridized carbons (Fsp3) is 0.526. The summed E-state index contributed by atoms with van der Waals surface area (Å²) in [6.07, 6.45) is 2.99. The molecule has 0 aliphatic carbocycles. The fourth-order valence-electron chi connectivity index (χ4n) is 2.96. The average molecular weight is 330 g/mol. The van der Waals surface area contributed by atoms with Gasteiger partial charge in [-0.1, -0.05) is 38.8 Å². The summed E-state index contributed by atoms with van der Waals surface area (Å²) < 4.78 is 0. The second kappa shape index (κ2) is 7.16. The summed E-state index contributed by atoms with van der Waals surface area (Å²) in [4.78, 5) is 37.9. The van der Waals surface area contributed by atoms with E-state index in [0.717, 1.165) is 24.2 Å². The lowest BCUT2D eigenvalue weighted by Crippen LogP contribution is -2.48. The van der Waals surface area contributed by atoms with Gasteiger partial charge in [-0.05, 0) is 38.3 Å². The van der Waals surface area contributed by atoms with Crippen molar-refractivity contribution in [2.24, 2.45) is 5.92 Å². The molecule has 1 aromatic rings. The van der Waals surface area contributed by atoms with Crippen LogP contribution in [0.15, 0.2) is 24.3 Å². The first kappa shape index (κ1) is 18.2. The van der Waals surface area contributed by atoms with Crippen LogP contribution in [-0.2, 0) is 4.79 Å². The number of carbonyl (C=O) groups is 3. The van der Waals surface area contributed by atoms with Crippen LogP contribution in [0.3, 0.4) is 0 Å². The molecule has 24 heavy (non-hydrogen) atoms. The first-order valence-corrected chi connectivity index (χ1v) is 8.47. The fourth-order valence-corrected chi connectivity index (χ4v) is 2.96. The van der Waals surface area contributed by atoms with Gasteiger partial charge >= 0.3 is 0 Å². The van der Waals surface area contributed by atoms with E-state index in [1.165, 1.54) is 0 Å². The largest absolute Gasteiger partial charge is 0.350 e. The van der Waals surface area contributed by atoms with Crippen LogP contribution in [0.4, 0.5) is 0 Å². The summed E-state index contributed by atoms with van der Waals surface area (Å²) in [7, 11) is 0. The minimum Gasteiger partial charge on any atom is -0.350 e. The number of imide groups is 1. The van der Waals surface area contributed by atoms with Gasteiger partial charge in [-0.15, -0.1) is 0 Å². The van der Waals surface area contributed by atoms with Crippen LogP contribution in [0.25, 0.3) is 0 Å². The van der Waals surface area contributed by atoms with Gasteiger partial charge in [0.25, 0.3) is 11.8 Å². The highest BCUT2D eigenvalue weighted by Crippen LogP contribution is 2.22. The van der Waals surface area contributed by atoms with E-state index in [-0.39, 0.29) is 18.0 Å². The Bertz CT molecular complexity index is 615. The summed E-state index contributed by atoms with van der Waals surface area (Å²) in [6, 6.07) is 6.66. The number of amides is 3. The third-order valence-electron chi connectivity index (χ3n) is 4.24. The van der Waals surface area contributed by atoms with Gasteiger partial charge in [0.05, 0.1) is 11.1 Å². The van der Waals surface area contributed by atoms with Crippen LogP contribution in [0.5, 0.6) is 0 Å². The zero-order valence-corrected chi connectivity index (χ0v) is 14.9. The molecule has 5 nitrogen and oxygen atoms in total. The van der Waals surface area contributed by atoms with Crippen LogP contribution in [0.1, 0.15) is 67.7 Å². The summed E-state index contributed by atoms with van der Waals surface area (Å²) in [6.45, 7) is 8.04. The predicted molar refractivity (Wildman–Crippen MR) is 92.7 cm³/mol. The minimum atomic E-state index is -0.400.